The van der Waals surface area contributed by atoms with Gasteiger partial charge in [-0.25, -0.2) is 15.0 Å². The van der Waals surface area contributed by atoms with E-state index in [2.05, 4.69) is 56.9 Å². The maximum Gasteiger partial charge on any atom is 0.132 e. The van der Waals surface area contributed by atoms with Crippen LogP contribution in [-0.2, 0) is 13.0 Å². The lowest BCUT2D eigenvalue weighted by molar-refractivity contribution is 0.196. The summed E-state index contributed by atoms with van der Waals surface area (Å²) in [5.41, 5.74) is 3.32. The topological polar surface area (TPSA) is 60.9 Å². The second-order valence-electron chi connectivity index (χ2n) is 7.85. The maximum atomic E-state index is 4.72. The SMILES string of the molecule is CCCc1cc(N2CCC(N(C)Cc3nc4ccccc4[nH]3)CC2)nc(C)n1. The molecule has 0 amide bonds. The van der Waals surface area contributed by atoms with Crippen LogP contribution in [-0.4, -0.2) is 51.0 Å². The van der Waals surface area contributed by atoms with Gasteiger partial charge in [0, 0.05) is 30.9 Å². The maximum absolute atomic E-state index is 4.72. The van der Waals surface area contributed by atoms with Crippen molar-refractivity contribution in [1.29, 1.82) is 0 Å². The van der Waals surface area contributed by atoms with Crippen molar-refractivity contribution in [2.45, 2.75) is 52.1 Å². The van der Waals surface area contributed by atoms with E-state index in [9.17, 15) is 0 Å². The van der Waals surface area contributed by atoms with Crippen LogP contribution in [0.25, 0.3) is 11.0 Å². The Morgan fingerprint density at radius 2 is 1.93 bits per heavy atom. The molecule has 0 radical (unpaired) electrons. The molecule has 148 valence electrons. The average molecular weight is 379 g/mol. The molecular formula is C22H30N6. The second kappa shape index (κ2) is 8.27. The molecule has 6 heteroatoms. The molecule has 3 heterocycles. The van der Waals surface area contributed by atoms with Gasteiger partial charge in [0.1, 0.15) is 17.5 Å². The van der Waals surface area contributed by atoms with Crippen molar-refractivity contribution in [3.63, 3.8) is 0 Å². The zero-order chi connectivity index (χ0) is 19.5. The molecule has 1 aromatic carbocycles. The highest BCUT2D eigenvalue weighted by molar-refractivity contribution is 5.74. The van der Waals surface area contributed by atoms with Crippen molar-refractivity contribution in [2.75, 3.05) is 25.0 Å². The third-order valence-corrected chi connectivity index (χ3v) is 5.63. The van der Waals surface area contributed by atoms with Crippen molar-refractivity contribution in [3.8, 4) is 0 Å². The van der Waals surface area contributed by atoms with Gasteiger partial charge in [-0.05, 0) is 45.4 Å². The quantitative estimate of drug-likeness (QED) is 0.708. The van der Waals surface area contributed by atoms with E-state index in [4.69, 9.17) is 4.98 Å². The van der Waals surface area contributed by atoms with Gasteiger partial charge in [0.25, 0.3) is 0 Å². The van der Waals surface area contributed by atoms with Gasteiger partial charge >= 0.3 is 0 Å². The molecule has 6 nitrogen and oxygen atoms in total. The van der Waals surface area contributed by atoms with Crippen LogP contribution >= 0.6 is 0 Å². The number of hydrogen-bond donors (Lipinski definition) is 1. The lowest BCUT2D eigenvalue weighted by Crippen LogP contribution is -2.43. The number of imidazole rings is 1. The minimum atomic E-state index is 0.572. The first-order valence-electron chi connectivity index (χ1n) is 10.4. The van der Waals surface area contributed by atoms with Crippen LogP contribution < -0.4 is 4.90 Å². The van der Waals surface area contributed by atoms with E-state index in [1.165, 1.54) is 0 Å². The Bertz CT molecular complexity index is 893. The monoisotopic (exact) mass is 378 g/mol. The molecule has 1 saturated heterocycles. The summed E-state index contributed by atoms with van der Waals surface area (Å²) < 4.78 is 0. The summed E-state index contributed by atoms with van der Waals surface area (Å²) in [4.78, 5) is 22.3. The number of anilines is 1. The lowest BCUT2D eigenvalue weighted by atomic mass is 10.0. The van der Waals surface area contributed by atoms with Gasteiger partial charge in [-0.2, -0.15) is 0 Å². The molecule has 1 fully saturated rings. The summed E-state index contributed by atoms with van der Waals surface area (Å²) >= 11 is 0. The van der Waals surface area contributed by atoms with Gasteiger partial charge in [0.05, 0.1) is 17.6 Å². The van der Waals surface area contributed by atoms with Crippen molar-refractivity contribution >= 4 is 16.9 Å². The summed E-state index contributed by atoms with van der Waals surface area (Å²) in [6, 6.07) is 11.0. The Labute approximate surface area is 167 Å². The second-order valence-corrected chi connectivity index (χ2v) is 7.85. The van der Waals surface area contributed by atoms with E-state index in [0.29, 0.717) is 6.04 Å². The first-order valence-corrected chi connectivity index (χ1v) is 10.4. The molecule has 2 aromatic heterocycles. The molecule has 0 saturated carbocycles. The van der Waals surface area contributed by atoms with E-state index in [1.807, 2.05) is 19.1 Å². The van der Waals surface area contributed by atoms with Crippen molar-refractivity contribution in [1.82, 2.24) is 24.8 Å². The van der Waals surface area contributed by atoms with Crippen LogP contribution in [0.4, 0.5) is 5.82 Å². The number of piperidine rings is 1. The molecule has 4 rings (SSSR count). The number of para-hydroxylation sites is 2. The third-order valence-electron chi connectivity index (χ3n) is 5.63. The zero-order valence-electron chi connectivity index (χ0n) is 17.1. The van der Waals surface area contributed by atoms with Gasteiger partial charge in [0.2, 0.25) is 0 Å². The molecule has 0 spiro atoms. The van der Waals surface area contributed by atoms with Crippen molar-refractivity contribution < 1.29 is 0 Å². The van der Waals surface area contributed by atoms with Gasteiger partial charge in [0.15, 0.2) is 0 Å². The lowest BCUT2D eigenvalue weighted by Gasteiger charge is -2.37. The Hall–Kier alpha value is -2.47. The summed E-state index contributed by atoms with van der Waals surface area (Å²) in [5, 5.41) is 0. The van der Waals surface area contributed by atoms with Gasteiger partial charge in [-0.15, -0.1) is 0 Å². The van der Waals surface area contributed by atoms with E-state index in [-0.39, 0.29) is 0 Å². The fourth-order valence-electron chi connectivity index (χ4n) is 4.14. The number of fused-ring (bicyclic) bond motifs is 1. The van der Waals surface area contributed by atoms with Crippen molar-refractivity contribution in [2.24, 2.45) is 0 Å². The largest absolute Gasteiger partial charge is 0.356 e. The Balaban J connectivity index is 1.37. The Morgan fingerprint density at radius 1 is 1.14 bits per heavy atom. The van der Waals surface area contributed by atoms with E-state index in [0.717, 1.165) is 79.5 Å². The number of nitrogens with zero attached hydrogens (tertiary/aromatic N) is 5. The minimum absolute atomic E-state index is 0.572. The Morgan fingerprint density at radius 3 is 2.68 bits per heavy atom. The molecule has 0 atom stereocenters. The highest BCUT2D eigenvalue weighted by atomic mass is 15.2. The van der Waals surface area contributed by atoms with Crippen LogP contribution in [0.1, 0.15) is 43.5 Å². The predicted molar refractivity (Wildman–Crippen MR) is 114 cm³/mol. The molecule has 0 unspecified atom stereocenters. The average Bonchev–Trinajstić information content (AvgIpc) is 3.10. The predicted octanol–water partition coefficient (Wildman–Crippen LogP) is 3.71. The number of aromatic amines is 1. The third kappa shape index (κ3) is 4.17. The number of aromatic nitrogens is 4. The van der Waals surface area contributed by atoms with E-state index in [1.54, 1.807) is 0 Å². The first kappa shape index (κ1) is 18.9. The number of hydrogen-bond acceptors (Lipinski definition) is 5. The summed E-state index contributed by atoms with van der Waals surface area (Å²) in [7, 11) is 2.21. The normalized spacial score (nSPS) is 15.6. The molecule has 3 aromatic rings. The van der Waals surface area contributed by atoms with Crippen LogP contribution in [0.3, 0.4) is 0 Å². The molecule has 1 aliphatic heterocycles. The molecule has 28 heavy (non-hydrogen) atoms. The van der Waals surface area contributed by atoms with Gasteiger partial charge < -0.3 is 9.88 Å². The minimum Gasteiger partial charge on any atom is -0.356 e. The molecule has 0 bridgehead atoms. The van der Waals surface area contributed by atoms with Crippen molar-refractivity contribution in [3.05, 3.63) is 47.7 Å². The summed E-state index contributed by atoms with van der Waals surface area (Å²) in [6.07, 6.45) is 4.42. The Kier molecular flexibility index (Phi) is 5.57. The van der Waals surface area contributed by atoms with Gasteiger partial charge in [-0.3, -0.25) is 4.90 Å². The summed E-state index contributed by atoms with van der Waals surface area (Å²) in [5.74, 6) is 3.01. The fraction of sp³-hybridized carbons (Fsp3) is 0.500. The number of H-pyrrole nitrogens is 1. The molecule has 1 aliphatic rings. The van der Waals surface area contributed by atoms with Crippen LogP contribution in [0, 0.1) is 6.92 Å². The fourth-order valence-corrected chi connectivity index (χ4v) is 4.14. The highest BCUT2D eigenvalue weighted by Crippen LogP contribution is 2.23. The standard InChI is InChI=1S/C22H30N6/c1-4-7-17-14-22(24-16(2)23-17)28-12-10-18(11-13-28)27(3)15-21-25-19-8-5-6-9-20(19)26-21/h5-6,8-9,14,18H,4,7,10-13,15H2,1-3H3,(H,25,26). The van der Waals surface area contributed by atoms with E-state index < -0.39 is 0 Å². The number of nitrogens with one attached hydrogen (secondary N) is 1. The molecule has 1 N–H and O–H groups in total. The number of aryl methyl sites for hydroxylation is 2. The first-order chi connectivity index (χ1) is 13.6. The van der Waals surface area contributed by atoms with Crippen LogP contribution in [0.5, 0.6) is 0 Å². The number of benzene rings is 1. The van der Waals surface area contributed by atoms with Crippen LogP contribution in [0.2, 0.25) is 0 Å². The smallest absolute Gasteiger partial charge is 0.132 e. The van der Waals surface area contributed by atoms with E-state index >= 15 is 0 Å². The highest BCUT2D eigenvalue weighted by Gasteiger charge is 2.24. The number of rotatable bonds is 6. The van der Waals surface area contributed by atoms with Crippen LogP contribution in [0.15, 0.2) is 30.3 Å². The molecular weight excluding hydrogens is 348 g/mol. The summed E-state index contributed by atoms with van der Waals surface area (Å²) in [6.45, 7) is 7.12. The zero-order valence-corrected chi connectivity index (χ0v) is 17.1. The molecule has 0 aliphatic carbocycles. The van der Waals surface area contributed by atoms with Gasteiger partial charge in [-0.1, -0.05) is 25.5 Å².